The van der Waals surface area contributed by atoms with Crippen LogP contribution in [0.3, 0.4) is 0 Å². The molecule has 3 aromatic rings. The summed E-state index contributed by atoms with van der Waals surface area (Å²) in [5, 5.41) is 13.3. The molecular formula is C23H23Cl2N5O3. The van der Waals surface area contributed by atoms with E-state index in [1.807, 2.05) is 43.4 Å². The Morgan fingerprint density at radius 2 is 1.82 bits per heavy atom. The van der Waals surface area contributed by atoms with E-state index in [1.54, 1.807) is 12.3 Å². The molecule has 0 atom stereocenters. The fraction of sp³-hybridized carbons (Fsp3) is 0.261. The topological polar surface area (TPSA) is 90.8 Å². The van der Waals surface area contributed by atoms with Crippen LogP contribution >= 0.6 is 23.2 Å². The van der Waals surface area contributed by atoms with Gasteiger partial charge in [0, 0.05) is 54.4 Å². The van der Waals surface area contributed by atoms with Crippen molar-refractivity contribution in [2.45, 2.75) is 6.54 Å². The van der Waals surface area contributed by atoms with E-state index < -0.39 is 6.09 Å². The van der Waals surface area contributed by atoms with E-state index in [9.17, 15) is 4.79 Å². The van der Waals surface area contributed by atoms with E-state index >= 15 is 0 Å². The van der Waals surface area contributed by atoms with Gasteiger partial charge in [0.2, 0.25) is 5.88 Å². The number of halogens is 2. The molecule has 1 aliphatic rings. The number of pyridine rings is 2. The smallest absolute Gasteiger partial charge is 0.407 e. The Balaban J connectivity index is 1.52. The minimum atomic E-state index is -0.890. The van der Waals surface area contributed by atoms with Crippen LogP contribution in [-0.4, -0.2) is 59.3 Å². The number of carboxylic acid groups (broad SMARTS) is 1. The summed E-state index contributed by atoms with van der Waals surface area (Å²) in [5.41, 5.74) is 2.49. The van der Waals surface area contributed by atoms with E-state index in [0.29, 0.717) is 60.1 Å². The molecule has 2 aromatic heterocycles. The van der Waals surface area contributed by atoms with Gasteiger partial charge in [0.25, 0.3) is 0 Å². The Labute approximate surface area is 201 Å². The summed E-state index contributed by atoms with van der Waals surface area (Å²) < 4.78 is 6.01. The van der Waals surface area contributed by atoms with E-state index in [4.69, 9.17) is 33.0 Å². The van der Waals surface area contributed by atoms with Gasteiger partial charge in [0.15, 0.2) is 0 Å². The second-order valence-electron chi connectivity index (χ2n) is 7.60. The summed E-state index contributed by atoms with van der Waals surface area (Å²) in [6, 6.07) is 12.8. The lowest BCUT2D eigenvalue weighted by Gasteiger charge is -2.33. The molecule has 1 aliphatic heterocycles. The SMILES string of the molecule is CNCc1cc(Oc2ccc(N3CCN(C(=O)O)CC3)nc2)nc(-c2cc(Cl)cc(Cl)c2)c1. The molecule has 33 heavy (non-hydrogen) atoms. The van der Waals surface area contributed by atoms with Crippen molar-refractivity contribution in [2.24, 2.45) is 0 Å². The minimum Gasteiger partial charge on any atom is -0.465 e. The van der Waals surface area contributed by atoms with Gasteiger partial charge in [0.1, 0.15) is 11.6 Å². The summed E-state index contributed by atoms with van der Waals surface area (Å²) in [6.45, 7) is 2.73. The van der Waals surface area contributed by atoms with Crippen LogP contribution in [0, 0.1) is 0 Å². The lowest BCUT2D eigenvalue weighted by Crippen LogP contribution is -2.48. The molecule has 0 saturated carbocycles. The highest BCUT2D eigenvalue weighted by Crippen LogP contribution is 2.30. The molecule has 1 saturated heterocycles. The molecular weight excluding hydrogens is 465 g/mol. The largest absolute Gasteiger partial charge is 0.465 e. The number of amides is 1. The van der Waals surface area contributed by atoms with E-state index in [1.165, 1.54) is 4.90 Å². The maximum absolute atomic E-state index is 11.1. The third-order valence-electron chi connectivity index (χ3n) is 5.22. The van der Waals surface area contributed by atoms with E-state index in [0.717, 1.165) is 16.9 Å². The summed E-state index contributed by atoms with van der Waals surface area (Å²) in [6.07, 6.45) is 0.750. The van der Waals surface area contributed by atoms with Crippen LogP contribution in [-0.2, 0) is 6.54 Å². The highest BCUT2D eigenvalue weighted by atomic mass is 35.5. The van der Waals surface area contributed by atoms with Crippen LogP contribution in [0.2, 0.25) is 10.0 Å². The highest BCUT2D eigenvalue weighted by Gasteiger charge is 2.21. The molecule has 1 fully saturated rings. The molecule has 10 heteroatoms. The molecule has 1 amide bonds. The molecule has 0 unspecified atom stereocenters. The Morgan fingerprint density at radius 3 is 2.42 bits per heavy atom. The van der Waals surface area contributed by atoms with Gasteiger partial charge in [-0.1, -0.05) is 23.2 Å². The predicted molar refractivity (Wildman–Crippen MR) is 129 cm³/mol. The van der Waals surface area contributed by atoms with Gasteiger partial charge in [-0.25, -0.2) is 14.8 Å². The van der Waals surface area contributed by atoms with Gasteiger partial charge < -0.3 is 25.0 Å². The second kappa shape index (κ2) is 10.2. The molecule has 2 N–H and O–H groups in total. The standard InChI is InChI=1S/C23H23Cl2N5O3/c1-26-13-15-8-20(16-10-17(24)12-18(25)11-16)28-22(9-15)33-19-2-3-21(27-14-19)29-4-6-30(7-5-29)23(31)32/h2-3,8-12,14,26H,4-7,13H2,1H3,(H,31,32). The van der Waals surface area contributed by atoms with Crippen LogP contribution in [0.15, 0.2) is 48.7 Å². The van der Waals surface area contributed by atoms with E-state index in [-0.39, 0.29) is 0 Å². The average Bonchev–Trinajstić information content (AvgIpc) is 2.79. The molecule has 0 aliphatic carbocycles. The van der Waals surface area contributed by atoms with Gasteiger partial charge in [-0.2, -0.15) is 0 Å². The molecule has 1 aromatic carbocycles. The third kappa shape index (κ3) is 5.84. The fourth-order valence-corrected chi connectivity index (χ4v) is 4.16. The van der Waals surface area contributed by atoms with Gasteiger partial charge >= 0.3 is 6.09 Å². The zero-order valence-electron chi connectivity index (χ0n) is 18.0. The van der Waals surface area contributed by atoms with Crippen molar-refractivity contribution < 1.29 is 14.6 Å². The average molecular weight is 488 g/mol. The van der Waals surface area contributed by atoms with E-state index in [2.05, 4.69) is 20.2 Å². The van der Waals surface area contributed by atoms with Crippen molar-refractivity contribution >= 4 is 35.1 Å². The lowest BCUT2D eigenvalue weighted by atomic mass is 10.1. The van der Waals surface area contributed by atoms with Crippen molar-refractivity contribution in [3.8, 4) is 22.9 Å². The number of nitrogens with one attached hydrogen (secondary N) is 1. The number of ether oxygens (including phenoxy) is 1. The summed E-state index contributed by atoms with van der Waals surface area (Å²) in [7, 11) is 1.87. The van der Waals surface area contributed by atoms with Gasteiger partial charge in [-0.3, -0.25) is 0 Å². The number of piperazine rings is 1. The summed E-state index contributed by atoms with van der Waals surface area (Å²) >= 11 is 12.3. The van der Waals surface area contributed by atoms with Gasteiger partial charge in [-0.05, 0) is 49.0 Å². The minimum absolute atomic E-state index is 0.429. The monoisotopic (exact) mass is 487 g/mol. The number of rotatable bonds is 6. The quantitative estimate of drug-likeness (QED) is 0.517. The summed E-state index contributed by atoms with van der Waals surface area (Å²) in [4.78, 5) is 23.7. The zero-order chi connectivity index (χ0) is 23.4. The Hall–Kier alpha value is -3.07. The molecule has 0 bridgehead atoms. The van der Waals surface area contributed by atoms with Crippen LogP contribution in [0.5, 0.6) is 11.6 Å². The van der Waals surface area contributed by atoms with Crippen LogP contribution in [0.4, 0.5) is 10.6 Å². The zero-order valence-corrected chi connectivity index (χ0v) is 19.5. The maximum Gasteiger partial charge on any atom is 0.407 e. The first-order valence-electron chi connectivity index (χ1n) is 10.4. The van der Waals surface area contributed by atoms with Crippen molar-refractivity contribution in [2.75, 3.05) is 38.1 Å². The predicted octanol–water partition coefficient (Wildman–Crippen LogP) is 4.76. The fourth-order valence-electron chi connectivity index (χ4n) is 3.63. The number of hydrogen-bond donors (Lipinski definition) is 2. The molecule has 172 valence electrons. The number of benzene rings is 1. The van der Waals surface area contributed by atoms with Gasteiger partial charge in [0.05, 0.1) is 11.9 Å². The number of hydrogen-bond acceptors (Lipinski definition) is 6. The molecule has 8 nitrogen and oxygen atoms in total. The Morgan fingerprint density at radius 1 is 1.09 bits per heavy atom. The van der Waals surface area contributed by atoms with Gasteiger partial charge in [-0.15, -0.1) is 0 Å². The lowest BCUT2D eigenvalue weighted by molar-refractivity contribution is 0.142. The number of nitrogens with zero attached hydrogens (tertiary/aromatic N) is 4. The first-order chi connectivity index (χ1) is 15.9. The number of carbonyl (C=O) groups is 1. The normalized spacial score (nSPS) is 13.8. The van der Waals surface area contributed by atoms with Crippen molar-refractivity contribution in [3.63, 3.8) is 0 Å². The highest BCUT2D eigenvalue weighted by molar-refractivity contribution is 6.35. The third-order valence-corrected chi connectivity index (χ3v) is 5.65. The first kappa shape index (κ1) is 23.1. The molecule has 3 heterocycles. The number of aromatic nitrogens is 2. The molecule has 4 rings (SSSR count). The number of anilines is 1. The Bertz CT molecular complexity index is 1120. The molecule has 0 spiro atoms. The molecule has 0 radical (unpaired) electrons. The van der Waals surface area contributed by atoms with Crippen LogP contribution in [0.1, 0.15) is 5.56 Å². The van der Waals surface area contributed by atoms with Crippen LogP contribution in [0.25, 0.3) is 11.3 Å². The van der Waals surface area contributed by atoms with Crippen molar-refractivity contribution in [1.82, 2.24) is 20.2 Å². The van der Waals surface area contributed by atoms with Crippen LogP contribution < -0.4 is 15.0 Å². The first-order valence-corrected chi connectivity index (χ1v) is 11.2. The van der Waals surface area contributed by atoms with Crippen molar-refractivity contribution in [3.05, 3.63) is 64.3 Å². The van der Waals surface area contributed by atoms with Crippen molar-refractivity contribution in [1.29, 1.82) is 0 Å². The maximum atomic E-state index is 11.1. The summed E-state index contributed by atoms with van der Waals surface area (Å²) in [5.74, 6) is 1.75. The Kier molecular flexibility index (Phi) is 7.17. The second-order valence-corrected chi connectivity index (χ2v) is 8.47.